The Balaban J connectivity index is 2.31. The maximum absolute atomic E-state index is 13.0. The number of carbonyl (C=O) groups excluding carboxylic acids is 2. The monoisotopic (exact) mass is 371 g/mol. The minimum Gasteiger partial charge on any atom is -0.478 e. The summed E-state index contributed by atoms with van der Waals surface area (Å²) in [5, 5.41) is 11.8. The average Bonchev–Trinajstić information content (AvgIpc) is 2.56. The van der Waals surface area contributed by atoms with Gasteiger partial charge in [-0.3, -0.25) is 9.59 Å². The topological polar surface area (TPSA) is 83.5 Å². The molecule has 2 aromatic carbocycles. The Morgan fingerprint density at radius 3 is 2.35 bits per heavy atom. The number of carbonyl (C=O) groups is 3. The molecular formula is C20H21NO4S. The van der Waals surface area contributed by atoms with Gasteiger partial charge in [0.05, 0.1) is 5.56 Å². The number of carboxylic acids is 1. The molecule has 136 valence electrons. The van der Waals surface area contributed by atoms with Gasteiger partial charge in [0.25, 0.3) is 0 Å². The summed E-state index contributed by atoms with van der Waals surface area (Å²) in [6.07, 6.45) is 0.377. The number of thioether (sulfide) groups is 1. The van der Waals surface area contributed by atoms with Crippen LogP contribution in [0.4, 0.5) is 5.69 Å². The molecule has 6 heteroatoms. The predicted octanol–water partition coefficient (Wildman–Crippen LogP) is 3.91. The summed E-state index contributed by atoms with van der Waals surface area (Å²) in [6.45, 7) is 4.93. The van der Waals surface area contributed by atoms with Gasteiger partial charge in [-0.2, -0.15) is 0 Å². The second kappa shape index (κ2) is 8.19. The van der Waals surface area contributed by atoms with Crippen molar-refractivity contribution in [3.63, 3.8) is 0 Å². The van der Waals surface area contributed by atoms with Gasteiger partial charge in [-0.15, -0.1) is 0 Å². The van der Waals surface area contributed by atoms with E-state index in [2.05, 4.69) is 5.32 Å². The molecule has 0 heterocycles. The Morgan fingerprint density at radius 2 is 1.77 bits per heavy atom. The molecule has 5 nitrogen and oxygen atoms in total. The van der Waals surface area contributed by atoms with Gasteiger partial charge in [-0.05, 0) is 43.5 Å². The fraction of sp³-hybridized carbons (Fsp3) is 0.250. The molecule has 2 N–H and O–H groups in total. The molecular weight excluding hydrogens is 350 g/mol. The van der Waals surface area contributed by atoms with Gasteiger partial charge in [0.15, 0.2) is 5.12 Å². The van der Waals surface area contributed by atoms with E-state index < -0.39 is 10.7 Å². The van der Waals surface area contributed by atoms with Gasteiger partial charge >= 0.3 is 5.97 Å². The number of nitrogens with one attached hydrogen (secondary N) is 1. The zero-order chi connectivity index (χ0) is 19.3. The molecule has 0 radical (unpaired) electrons. The normalized spacial score (nSPS) is 12.9. The molecule has 26 heavy (non-hydrogen) atoms. The summed E-state index contributed by atoms with van der Waals surface area (Å²) < 4.78 is -1.02. The molecule has 1 amide bonds. The second-order valence-corrected chi connectivity index (χ2v) is 7.96. The van der Waals surface area contributed by atoms with E-state index in [0.717, 1.165) is 22.9 Å². The molecule has 0 aliphatic carbocycles. The quantitative estimate of drug-likeness (QED) is 0.804. The number of amides is 1. The van der Waals surface area contributed by atoms with Crippen LogP contribution in [0.2, 0.25) is 0 Å². The summed E-state index contributed by atoms with van der Waals surface area (Å²) >= 11 is 0.973. The van der Waals surface area contributed by atoms with Crippen molar-refractivity contribution < 1.29 is 19.5 Å². The summed E-state index contributed by atoms with van der Waals surface area (Å²) in [5.74, 6) is -1.40. The van der Waals surface area contributed by atoms with E-state index in [-0.39, 0.29) is 16.6 Å². The first-order chi connectivity index (χ1) is 12.2. The summed E-state index contributed by atoms with van der Waals surface area (Å²) in [5.41, 5.74) is 2.21. The lowest BCUT2D eigenvalue weighted by molar-refractivity contribution is -0.118. The third-order valence-electron chi connectivity index (χ3n) is 3.97. The lowest BCUT2D eigenvalue weighted by atomic mass is 9.99. The van der Waals surface area contributed by atoms with Crippen LogP contribution in [0.1, 0.15) is 35.3 Å². The van der Waals surface area contributed by atoms with Gasteiger partial charge in [0.2, 0.25) is 5.91 Å². The van der Waals surface area contributed by atoms with Crippen LogP contribution in [0.5, 0.6) is 0 Å². The van der Waals surface area contributed by atoms with E-state index in [4.69, 9.17) is 5.11 Å². The maximum atomic E-state index is 13.0. The van der Waals surface area contributed by atoms with Crippen molar-refractivity contribution >= 4 is 34.4 Å². The Hall–Kier alpha value is -2.60. The van der Waals surface area contributed by atoms with Gasteiger partial charge in [-0.1, -0.05) is 48.2 Å². The molecule has 0 spiro atoms. The molecule has 0 saturated carbocycles. The van der Waals surface area contributed by atoms with Crippen LogP contribution >= 0.6 is 11.8 Å². The van der Waals surface area contributed by atoms with E-state index in [9.17, 15) is 14.4 Å². The van der Waals surface area contributed by atoms with Gasteiger partial charge in [0.1, 0.15) is 4.75 Å². The summed E-state index contributed by atoms with van der Waals surface area (Å²) in [7, 11) is 0. The van der Waals surface area contributed by atoms with E-state index in [1.54, 1.807) is 19.9 Å². The molecule has 2 rings (SSSR count). The van der Waals surface area contributed by atoms with E-state index >= 15 is 0 Å². The smallest absolute Gasteiger partial charge is 0.335 e. The fourth-order valence-electron chi connectivity index (χ4n) is 2.61. The van der Waals surface area contributed by atoms with Gasteiger partial charge in [-0.25, -0.2) is 4.79 Å². The molecule has 0 aliphatic heterocycles. The largest absolute Gasteiger partial charge is 0.478 e. The van der Waals surface area contributed by atoms with E-state index in [1.807, 2.05) is 30.3 Å². The highest BCUT2D eigenvalue weighted by Gasteiger charge is 2.36. The standard InChI is InChI=1S/C20H21NO4S/c1-13-9-10-16(18(23)24)11-17(13)21-19(25)20(3,26-14(2)22)12-15-7-5-4-6-8-15/h4-11H,12H2,1-3H3,(H,21,25)(H,23,24). The highest BCUT2D eigenvalue weighted by molar-refractivity contribution is 8.15. The van der Waals surface area contributed by atoms with Crippen LogP contribution in [0.3, 0.4) is 0 Å². The minimum atomic E-state index is -1.06. The molecule has 0 saturated heterocycles. The van der Waals surface area contributed by atoms with Gasteiger partial charge in [0, 0.05) is 12.6 Å². The zero-order valence-corrected chi connectivity index (χ0v) is 15.7. The molecule has 1 atom stereocenters. The van der Waals surface area contributed by atoms with Crippen LogP contribution in [-0.2, 0) is 16.0 Å². The van der Waals surface area contributed by atoms with Crippen molar-refractivity contribution in [3.05, 3.63) is 65.2 Å². The van der Waals surface area contributed by atoms with E-state index in [1.165, 1.54) is 19.1 Å². The number of aromatic carboxylic acids is 1. The third kappa shape index (κ3) is 4.95. The van der Waals surface area contributed by atoms with Crippen LogP contribution in [0.15, 0.2) is 48.5 Å². The Morgan fingerprint density at radius 1 is 1.12 bits per heavy atom. The maximum Gasteiger partial charge on any atom is 0.335 e. The Bertz CT molecular complexity index is 835. The zero-order valence-electron chi connectivity index (χ0n) is 14.9. The fourth-order valence-corrected chi connectivity index (χ4v) is 3.63. The number of anilines is 1. The lowest BCUT2D eigenvalue weighted by Gasteiger charge is -2.27. The second-order valence-electron chi connectivity index (χ2n) is 6.28. The summed E-state index contributed by atoms with van der Waals surface area (Å²) in [6, 6.07) is 14.0. The number of carboxylic acid groups (broad SMARTS) is 1. The van der Waals surface area contributed by atoms with Crippen LogP contribution < -0.4 is 5.32 Å². The number of rotatable bonds is 6. The van der Waals surface area contributed by atoms with E-state index in [0.29, 0.717) is 12.1 Å². The van der Waals surface area contributed by atoms with Crippen LogP contribution in [0.25, 0.3) is 0 Å². The SMILES string of the molecule is CC(=O)SC(C)(Cc1ccccc1)C(=O)Nc1cc(C(=O)O)ccc1C. The first kappa shape index (κ1) is 19.7. The Labute approximate surface area is 156 Å². The van der Waals surface area contributed by atoms with Crippen molar-refractivity contribution in [2.24, 2.45) is 0 Å². The third-order valence-corrected chi connectivity index (χ3v) is 5.03. The Kier molecular flexibility index (Phi) is 6.21. The molecule has 0 bridgehead atoms. The molecule has 0 fully saturated rings. The van der Waals surface area contributed by atoms with Crippen LogP contribution in [0, 0.1) is 6.92 Å². The first-order valence-electron chi connectivity index (χ1n) is 8.10. The predicted molar refractivity (Wildman–Crippen MR) is 104 cm³/mol. The number of benzene rings is 2. The highest BCUT2D eigenvalue weighted by Crippen LogP contribution is 2.32. The number of hydrogen-bond acceptors (Lipinski definition) is 4. The van der Waals surface area contributed by atoms with Crippen molar-refractivity contribution in [3.8, 4) is 0 Å². The van der Waals surface area contributed by atoms with Crippen LogP contribution in [-0.4, -0.2) is 26.8 Å². The number of aryl methyl sites for hydroxylation is 1. The van der Waals surface area contributed by atoms with Crippen molar-refractivity contribution in [1.29, 1.82) is 0 Å². The molecule has 0 aliphatic rings. The van der Waals surface area contributed by atoms with Crippen molar-refractivity contribution in [1.82, 2.24) is 0 Å². The van der Waals surface area contributed by atoms with Gasteiger partial charge < -0.3 is 10.4 Å². The molecule has 1 unspecified atom stereocenters. The molecule has 0 aromatic heterocycles. The summed E-state index contributed by atoms with van der Waals surface area (Å²) in [4.78, 5) is 35.9. The molecule has 2 aromatic rings. The lowest BCUT2D eigenvalue weighted by Crippen LogP contribution is -2.40. The first-order valence-corrected chi connectivity index (χ1v) is 8.92. The van der Waals surface area contributed by atoms with Crippen molar-refractivity contribution in [2.75, 3.05) is 5.32 Å². The van der Waals surface area contributed by atoms with Crippen molar-refractivity contribution in [2.45, 2.75) is 31.9 Å². The average molecular weight is 371 g/mol. The number of hydrogen-bond donors (Lipinski definition) is 2. The highest BCUT2D eigenvalue weighted by atomic mass is 32.2. The minimum absolute atomic E-state index is 0.0925.